The summed E-state index contributed by atoms with van der Waals surface area (Å²) in [6, 6.07) is 0. The van der Waals surface area contributed by atoms with E-state index >= 15 is 0 Å². The lowest BCUT2D eigenvalue weighted by Gasteiger charge is -1.97. The van der Waals surface area contributed by atoms with Crippen molar-refractivity contribution in [2.24, 2.45) is 4.99 Å². The van der Waals surface area contributed by atoms with Gasteiger partial charge < -0.3 is 4.74 Å². The molecule has 62 valence electrons. The van der Waals surface area contributed by atoms with Gasteiger partial charge in [0.25, 0.3) is 0 Å². The monoisotopic (exact) mass is 175 g/mol. The molecule has 11 heavy (non-hydrogen) atoms. The van der Waals surface area contributed by atoms with E-state index in [0.717, 1.165) is 0 Å². The Morgan fingerprint density at radius 2 is 2.27 bits per heavy atom. The normalized spacial score (nSPS) is 11.0. The van der Waals surface area contributed by atoms with Crippen molar-refractivity contribution in [3.63, 3.8) is 0 Å². The van der Waals surface area contributed by atoms with Crippen molar-refractivity contribution >= 4 is 23.3 Å². The number of methoxy groups -OCH3 is 1. The molecular weight excluding hydrogens is 166 g/mol. The molecule has 3 nitrogen and oxygen atoms in total. The van der Waals surface area contributed by atoms with E-state index in [1.165, 1.54) is 7.11 Å². The molecule has 0 aromatic rings. The summed E-state index contributed by atoms with van der Waals surface area (Å²) in [5, 5.41) is 0. The van der Waals surface area contributed by atoms with Gasteiger partial charge in [-0.1, -0.05) is 6.58 Å². The molecule has 0 aromatic carbocycles. The third-order valence-corrected chi connectivity index (χ3v) is 1.33. The van der Waals surface area contributed by atoms with Gasteiger partial charge in [0.2, 0.25) is 0 Å². The molecule has 0 aliphatic heterocycles. The van der Waals surface area contributed by atoms with Gasteiger partial charge in [0.1, 0.15) is 5.70 Å². The zero-order chi connectivity index (χ0) is 8.85. The number of aliphatic imine (C=N–C) groups is 1. The lowest BCUT2D eigenvalue weighted by atomic mass is 10.4. The summed E-state index contributed by atoms with van der Waals surface area (Å²) in [6.07, 6.45) is 0. The van der Waals surface area contributed by atoms with Crippen molar-refractivity contribution in [3.8, 4) is 0 Å². The van der Waals surface area contributed by atoms with Gasteiger partial charge >= 0.3 is 5.97 Å². The minimum atomic E-state index is -0.533. The second kappa shape index (κ2) is 4.91. The Hall–Kier alpha value is -0.830. The highest BCUT2D eigenvalue weighted by molar-refractivity contribution is 6.28. The molecule has 4 heteroatoms. The molecule has 0 heterocycles. The standard InChI is InChI=1S/C7H10ClNO2/c1-5(4-8)9-6(2)7(10)11-3/h2,4H2,1,3H3. The van der Waals surface area contributed by atoms with Crippen LogP contribution in [0.3, 0.4) is 0 Å². The van der Waals surface area contributed by atoms with Crippen LogP contribution in [-0.2, 0) is 9.53 Å². The third-order valence-electron chi connectivity index (χ3n) is 0.940. The minimum Gasteiger partial charge on any atom is -0.464 e. The van der Waals surface area contributed by atoms with E-state index < -0.39 is 5.97 Å². The van der Waals surface area contributed by atoms with Gasteiger partial charge in [0.15, 0.2) is 0 Å². The average molecular weight is 176 g/mol. The summed E-state index contributed by atoms with van der Waals surface area (Å²) in [7, 11) is 1.28. The number of hydrogen-bond acceptors (Lipinski definition) is 3. The maximum Gasteiger partial charge on any atom is 0.356 e. The topological polar surface area (TPSA) is 38.7 Å². The van der Waals surface area contributed by atoms with Crippen LogP contribution in [0.15, 0.2) is 17.3 Å². The molecule has 0 aliphatic rings. The van der Waals surface area contributed by atoms with Crippen LogP contribution in [0.4, 0.5) is 0 Å². The van der Waals surface area contributed by atoms with E-state index in [9.17, 15) is 4.79 Å². The summed E-state index contributed by atoms with van der Waals surface area (Å²) in [5.74, 6) is -0.245. The van der Waals surface area contributed by atoms with Crippen LogP contribution >= 0.6 is 11.6 Å². The second-order valence-corrected chi connectivity index (χ2v) is 2.19. The number of alkyl halides is 1. The largest absolute Gasteiger partial charge is 0.464 e. The van der Waals surface area contributed by atoms with E-state index in [-0.39, 0.29) is 11.6 Å². The highest BCUT2D eigenvalue weighted by Crippen LogP contribution is 1.97. The van der Waals surface area contributed by atoms with Crippen LogP contribution in [0.25, 0.3) is 0 Å². The summed E-state index contributed by atoms with van der Waals surface area (Å²) < 4.78 is 4.37. The first-order chi connectivity index (χ1) is 5.11. The number of ether oxygens (including phenoxy) is 1. The van der Waals surface area contributed by atoms with Crippen LogP contribution in [-0.4, -0.2) is 24.7 Å². The highest BCUT2D eigenvalue weighted by atomic mass is 35.5. The first kappa shape index (κ1) is 10.2. The van der Waals surface area contributed by atoms with Gasteiger partial charge in [0, 0.05) is 5.71 Å². The molecule has 0 rings (SSSR count). The molecule has 0 aliphatic carbocycles. The Morgan fingerprint density at radius 1 is 1.73 bits per heavy atom. The Kier molecular flexibility index (Phi) is 4.54. The van der Waals surface area contributed by atoms with Gasteiger partial charge in [-0.2, -0.15) is 0 Å². The molecule has 0 amide bonds. The lowest BCUT2D eigenvalue weighted by molar-refractivity contribution is -0.136. The Labute approximate surface area is 70.7 Å². The molecule has 0 saturated carbocycles. The van der Waals surface area contributed by atoms with Crippen molar-refractivity contribution in [1.29, 1.82) is 0 Å². The van der Waals surface area contributed by atoms with Crippen LogP contribution in [0.5, 0.6) is 0 Å². The van der Waals surface area contributed by atoms with Gasteiger partial charge in [-0.25, -0.2) is 9.79 Å². The van der Waals surface area contributed by atoms with Crippen LogP contribution in [0, 0.1) is 0 Å². The first-order valence-corrected chi connectivity index (χ1v) is 3.52. The maximum absolute atomic E-state index is 10.7. The van der Waals surface area contributed by atoms with Gasteiger partial charge in [-0.05, 0) is 6.92 Å². The van der Waals surface area contributed by atoms with E-state index in [1.807, 2.05) is 0 Å². The van der Waals surface area contributed by atoms with Crippen molar-refractivity contribution < 1.29 is 9.53 Å². The third kappa shape index (κ3) is 3.78. The molecule has 0 N–H and O–H groups in total. The van der Waals surface area contributed by atoms with Gasteiger partial charge in [-0.3, -0.25) is 0 Å². The first-order valence-electron chi connectivity index (χ1n) is 2.99. The molecule has 0 fully saturated rings. The fourth-order valence-electron chi connectivity index (χ4n) is 0.424. The quantitative estimate of drug-likeness (QED) is 0.281. The fraction of sp³-hybridized carbons (Fsp3) is 0.429. The number of esters is 1. The minimum absolute atomic E-state index is 0.0747. The molecular formula is C7H10ClNO2. The second-order valence-electron chi connectivity index (χ2n) is 1.92. The predicted molar refractivity (Wildman–Crippen MR) is 45.0 cm³/mol. The number of carbonyl (C=O) groups excluding carboxylic acids is 1. The summed E-state index contributed by atoms with van der Waals surface area (Å²) >= 11 is 5.42. The number of hydrogen-bond donors (Lipinski definition) is 0. The smallest absolute Gasteiger partial charge is 0.356 e. The number of rotatable bonds is 3. The maximum atomic E-state index is 10.7. The van der Waals surface area contributed by atoms with E-state index in [2.05, 4.69) is 16.3 Å². The molecule has 0 bridgehead atoms. The van der Waals surface area contributed by atoms with Crippen LogP contribution in [0.1, 0.15) is 6.92 Å². The zero-order valence-electron chi connectivity index (χ0n) is 6.56. The van der Waals surface area contributed by atoms with E-state index in [1.54, 1.807) is 6.92 Å². The molecule has 0 spiro atoms. The summed E-state index contributed by atoms with van der Waals surface area (Å²) in [6.45, 7) is 5.10. The summed E-state index contributed by atoms with van der Waals surface area (Å²) in [4.78, 5) is 14.5. The number of carbonyl (C=O) groups is 1. The fourth-order valence-corrected chi connectivity index (χ4v) is 0.483. The number of nitrogens with zero attached hydrogens (tertiary/aromatic N) is 1. The van der Waals surface area contributed by atoms with Crippen LogP contribution in [0.2, 0.25) is 0 Å². The highest BCUT2D eigenvalue weighted by Gasteiger charge is 2.03. The predicted octanol–water partition coefficient (Wildman–Crippen LogP) is 1.37. The van der Waals surface area contributed by atoms with Crippen molar-refractivity contribution in [2.45, 2.75) is 6.92 Å². The Balaban J connectivity index is 4.17. The van der Waals surface area contributed by atoms with Crippen molar-refractivity contribution in [1.82, 2.24) is 0 Å². The van der Waals surface area contributed by atoms with Gasteiger partial charge in [0.05, 0.1) is 13.0 Å². The molecule has 0 aromatic heterocycles. The lowest BCUT2D eigenvalue weighted by Crippen LogP contribution is -2.04. The van der Waals surface area contributed by atoms with Crippen molar-refractivity contribution in [2.75, 3.05) is 13.0 Å². The zero-order valence-corrected chi connectivity index (χ0v) is 7.31. The molecule has 0 radical (unpaired) electrons. The Morgan fingerprint density at radius 3 is 2.64 bits per heavy atom. The SMILES string of the molecule is C=C(N=C(C)CCl)C(=O)OC. The molecule has 0 saturated heterocycles. The van der Waals surface area contributed by atoms with E-state index in [4.69, 9.17) is 11.6 Å². The van der Waals surface area contributed by atoms with Crippen LogP contribution < -0.4 is 0 Å². The van der Waals surface area contributed by atoms with Crippen molar-refractivity contribution in [3.05, 3.63) is 12.3 Å². The molecule has 0 unspecified atom stereocenters. The number of halogens is 1. The summed E-state index contributed by atoms with van der Waals surface area (Å²) in [5.41, 5.74) is 0.715. The Bertz CT molecular complexity index is 199. The van der Waals surface area contributed by atoms with Gasteiger partial charge in [-0.15, -0.1) is 11.6 Å². The molecule has 0 atom stereocenters. The van der Waals surface area contributed by atoms with E-state index in [0.29, 0.717) is 5.71 Å². The average Bonchev–Trinajstić information content (AvgIpc) is 2.02.